The van der Waals surface area contributed by atoms with E-state index in [0.29, 0.717) is 12.6 Å². The van der Waals surface area contributed by atoms with E-state index in [-0.39, 0.29) is 11.0 Å². The van der Waals surface area contributed by atoms with Crippen molar-refractivity contribution in [3.8, 4) is 11.1 Å². The summed E-state index contributed by atoms with van der Waals surface area (Å²) in [6.07, 6.45) is 5.83. The highest BCUT2D eigenvalue weighted by molar-refractivity contribution is 7.17. The molecule has 4 heterocycles. The van der Waals surface area contributed by atoms with Crippen LogP contribution in [-0.2, 0) is 0 Å². The van der Waals surface area contributed by atoms with E-state index in [9.17, 15) is 9.90 Å². The molecule has 1 unspecified atom stereocenters. The zero-order chi connectivity index (χ0) is 26.2. The van der Waals surface area contributed by atoms with Gasteiger partial charge in [-0.25, -0.2) is 14.8 Å². The van der Waals surface area contributed by atoms with Crippen LogP contribution in [0.25, 0.3) is 21.3 Å². The molecule has 2 fully saturated rings. The van der Waals surface area contributed by atoms with E-state index in [4.69, 9.17) is 4.98 Å². The minimum atomic E-state index is -0.775. The summed E-state index contributed by atoms with van der Waals surface area (Å²) in [5.41, 5.74) is 2.02. The molecule has 0 bridgehead atoms. The summed E-state index contributed by atoms with van der Waals surface area (Å²) >= 11 is 1.68. The molecule has 2 aliphatic rings. The van der Waals surface area contributed by atoms with Crippen molar-refractivity contribution in [3.63, 3.8) is 0 Å². The minimum absolute atomic E-state index is 0.0958. The molecule has 7 nitrogen and oxygen atoms in total. The molecule has 1 amide bonds. The lowest BCUT2D eigenvalue weighted by Gasteiger charge is -2.48. The van der Waals surface area contributed by atoms with E-state index in [1.807, 2.05) is 6.07 Å². The van der Waals surface area contributed by atoms with Crippen LogP contribution >= 0.6 is 11.3 Å². The molecule has 0 saturated carbocycles. The number of piperidine rings is 1. The molecule has 0 aliphatic carbocycles. The quantitative estimate of drug-likeness (QED) is 0.416. The van der Waals surface area contributed by atoms with Crippen LogP contribution in [0.3, 0.4) is 0 Å². The molecule has 1 N–H and O–H groups in total. The average Bonchev–Trinajstić information content (AvgIpc) is 3.53. The fraction of sp³-hybridized carbons (Fsp3) is 0.552. The van der Waals surface area contributed by atoms with Crippen molar-refractivity contribution in [2.45, 2.75) is 64.5 Å². The highest BCUT2D eigenvalue weighted by Gasteiger charge is 2.51. The SMILES string of the molecule is CN(CCC1(C(C)(C)C)CCCN1C(=O)O)C1CCN(c2ncnc3scc(-c4ccccc4)c23)CC1. The summed E-state index contributed by atoms with van der Waals surface area (Å²) in [6, 6.07) is 11.0. The van der Waals surface area contributed by atoms with Gasteiger partial charge in [0.15, 0.2) is 0 Å². The van der Waals surface area contributed by atoms with Crippen LogP contribution in [0.5, 0.6) is 0 Å². The van der Waals surface area contributed by atoms with Crippen LogP contribution in [0.15, 0.2) is 42.0 Å². The number of hydrogen-bond acceptors (Lipinski definition) is 6. The lowest BCUT2D eigenvalue weighted by molar-refractivity contribution is 0.0149. The number of carbonyl (C=O) groups is 1. The number of thiophene rings is 1. The Morgan fingerprint density at radius 2 is 1.89 bits per heavy atom. The predicted octanol–water partition coefficient (Wildman–Crippen LogP) is 6.21. The summed E-state index contributed by atoms with van der Waals surface area (Å²) < 4.78 is 0. The van der Waals surface area contributed by atoms with Gasteiger partial charge in [0, 0.05) is 43.2 Å². The van der Waals surface area contributed by atoms with Gasteiger partial charge in [-0.2, -0.15) is 0 Å². The average molecular weight is 522 g/mol. The number of rotatable bonds is 6. The van der Waals surface area contributed by atoms with Crippen LogP contribution < -0.4 is 4.90 Å². The Morgan fingerprint density at radius 1 is 1.16 bits per heavy atom. The maximum Gasteiger partial charge on any atom is 0.407 e. The van der Waals surface area contributed by atoms with Crippen molar-refractivity contribution in [1.29, 1.82) is 0 Å². The van der Waals surface area contributed by atoms with E-state index in [1.165, 1.54) is 11.1 Å². The van der Waals surface area contributed by atoms with Crippen molar-refractivity contribution < 1.29 is 9.90 Å². The van der Waals surface area contributed by atoms with E-state index in [0.717, 1.165) is 67.8 Å². The van der Waals surface area contributed by atoms with Gasteiger partial charge < -0.3 is 19.8 Å². The minimum Gasteiger partial charge on any atom is -0.465 e. The van der Waals surface area contributed by atoms with Gasteiger partial charge in [0.1, 0.15) is 17.0 Å². The summed E-state index contributed by atoms with van der Waals surface area (Å²) in [7, 11) is 2.21. The molecule has 1 atom stereocenters. The smallest absolute Gasteiger partial charge is 0.407 e. The van der Waals surface area contributed by atoms with E-state index < -0.39 is 6.09 Å². The van der Waals surface area contributed by atoms with Gasteiger partial charge in [0.2, 0.25) is 0 Å². The first-order valence-electron chi connectivity index (χ1n) is 13.4. The number of benzene rings is 1. The van der Waals surface area contributed by atoms with Crippen molar-refractivity contribution in [3.05, 3.63) is 42.0 Å². The molecule has 2 aromatic heterocycles. The molecule has 2 aliphatic heterocycles. The first-order chi connectivity index (χ1) is 17.7. The van der Waals surface area contributed by atoms with Crippen LogP contribution in [-0.4, -0.2) is 75.8 Å². The second-order valence-electron chi connectivity index (χ2n) is 11.7. The maximum absolute atomic E-state index is 12.1. The fourth-order valence-corrected chi connectivity index (χ4v) is 7.47. The predicted molar refractivity (Wildman–Crippen MR) is 151 cm³/mol. The maximum atomic E-state index is 12.1. The first kappa shape index (κ1) is 25.9. The topological polar surface area (TPSA) is 72.8 Å². The lowest BCUT2D eigenvalue weighted by Crippen LogP contribution is -2.57. The zero-order valence-electron chi connectivity index (χ0n) is 22.5. The summed E-state index contributed by atoms with van der Waals surface area (Å²) in [5.74, 6) is 1.04. The molecular formula is C29H39N5O2S. The van der Waals surface area contributed by atoms with Gasteiger partial charge in [-0.05, 0) is 50.1 Å². The third-order valence-electron chi connectivity index (χ3n) is 8.82. The van der Waals surface area contributed by atoms with Gasteiger partial charge in [0.05, 0.1) is 10.9 Å². The Hall–Kier alpha value is -2.71. The van der Waals surface area contributed by atoms with Crippen LogP contribution in [0.2, 0.25) is 0 Å². The van der Waals surface area contributed by atoms with Gasteiger partial charge >= 0.3 is 6.09 Å². The lowest BCUT2D eigenvalue weighted by atomic mass is 9.69. The van der Waals surface area contributed by atoms with E-state index in [1.54, 1.807) is 22.6 Å². The number of fused-ring (bicyclic) bond motifs is 1. The zero-order valence-corrected chi connectivity index (χ0v) is 23.3. The van der Waals surface area contributed by atoms with E-state index >= 15 is 0 Å². The summed E-state index contributed by atoms with van der Waals surface area (Å²) in [6.45, 7) is 10.1. The molecule has 2 saturated heterocycles. The Balaban J connectivity index is 1.27. The summed E-state index contributed by atoms with van der Waals surface area (Å²) in [4.78, 5) is 29.0. The fourth-order valence-electron chi connectivity index (χ4n) is 6.56. The normalized spacial score (nSPS) is 21.3. The highest BCUT2D eigenvalue weighted by Crippen LogP contribution is 2.46. The molecule has 8 heteroatoms. The Bertz CT molecular complexity index is 1230. The number of nitrogens with zero attached hydrogens (tertiary/aromatic N) is 5. The van der Waals surface area contributed by atoms with Crippen LogP contribution in [0, 0.1) is 5.41 Å². The molecule has 1 aromatic carbocycles. The van der Waals surface area contributed by atoms with Crippen molar-refractivity contribution in [2.75, 3.05) is 38.1 Å². The van der Waals surface area contributed by atoms with Gasteiger partial charge in [-0.3, -0.25) is 0 Å². The number of likely N-dealkylation sites (tertiary alicyclic amines) is 1. The molecule has 0 spiro atoms. The number of carboxylic acid groups (broad SMARTS) is 1. The van der Waals surface area contributed by atoms with Gasteiger partial charge in [0.25, 0.3) is 0 Å². The molecule has 37 heavy (non-hydrogen) atoms. The Labute approximate surface area is 224 Å². The number of hydrogen-bond donors (Lipinski definition) is 1. The largest absolute Gasteiger partial charge is 0.465 e. The molecule has 3 aromatic rings. The molecule has 198 valence electrons. The third-order valence-corrected chi connectivity index (χ3v) is 9.70. The summed E-state index contributed by atoms with van der Waals surface area (Å²) in [5, 5.41) is 13.3. The second-order valence-corrected chi connectivity index (χ2v) is 12.5. The molecular weight excluding hydrogens is 482 g/mol. The standard InChI is InChI=1S/C29H39N5O2S/c1-28(2,3)29(13-8-15-34(29)27(35)36)14-18-32(4)22-11-16-33(17-12-22)25-24-23(21-9-6-5-7-10-21)19-37-26(24)31-20-30-25/h5-7,9-10,19-20,22H,8,11-18H2,1-4H3,(H,35,36). The third kappa shape index (κ3) is 4.81. The number of aromatic nitrogens is 2. The Kier molecular flexibility index (Phi) is 7.16. The van der Waals surface area contributed by atoms with Crippen molar-refractivity contribution >= 4 is 33.5 Å². The van der Waals surface area contributed by atoms with Crippen molar-refractivity contribution in [1.82, 2.24) is 19.8 Å². The first-order valence-corrected chi connectivity index (χ1v) is 14.3. The van der Waals surface area contributed by atoms with Crippen LogP contribution in [0.4, 0.5) is 10.6 Å². The van der Waals surface area contributed by atoms with Crippen molar-refractivity contribution in [2.24, 2.45) is 5.41 Å². The van der Waals surface area contributed by atoms with Gasteiger partial charge in [-0.15, -0.1) is 11.3 Å². The van der Waals surface area contributed by atoms with Crippen LogP contribution in [0.1, 0.15) is 52.9 Å². The molecule has 5 rings (SSSR count). The Morgan fingerprint density at radius 3 is 2.57 bits per heavy atom. The monoisotopic (exact) mass is 521 g/mol. The molecule has 0 radical (unpaired) electrons. The van der Waals surface area contributed by atoms with Gasteiger partial charge in [-0.1, -0.05) is 51.1 Å². The number of anilines is 1. The highest BCUT2D eigenvalue weighted by atomic mass is 32.1. The number of amides is 1. The van der Waals surface area contributed by atoms with E-state index in [2.05, 4.69) is 72.2 Å². The second kappa shape index (κ2) is 10.2.